The molecule has 2 fully saturated rings. The number of aliphatic hydroxyl groups is 7. The van der Waals surface area contributed by atoms with Crippen molar-refractivity contribution in [2.45, 2.75) is 60.0 Å². The Labute approximate surface area is 137 Å². The zero-order chi connectivity index (χ0) is 18.2. The minimum atomic E-state index is -4.46. The van der Waals surface area contributed by atoms with Crippen molar-refractivity contribution >= 4 is 9.84 Å². The van der Waals surface area contributed by atoms with E-state index in [9.17, 15) is 39.1 Å². The van der Waals surface area contributed by atoms with Crippen molar-refractivity contribution in [2.24, 2.45) is 0 Å². The molecule has 1 unspecified atom stereocenters. The summed E-state index contributed by atoms with van der Waals surface area (Å²) < 4.78 is 35.4. The Kier molecular flexibility index (Phi) is 6.18. The second-order valence-electron chi connectivity index (χ2n) is 5.88. The average molecular weight is 374 g/mol. The van der Waals surface area contributed by atoms with Gasteiger partial charge < -0.3 is 45.2 Å². The van der Waals surface area contributed by atoms with Gasteiger partial charge in [0.05, 0.1) is 18.5 Å². The Morgan fingerprint density at radius 1 is 0.833 bits per heavy atom. The fraction of sp³-hybridized carbons (Fsp3) is 1.00. The molecule has 0 aromatic rings. The summed E-state index contributed by atoms with van der Waals surface area (Å²) in [6.45, 7) is -1.59. The Balaban J connectivity index is 2.30. The van der Waals surface area contributed by atoms with E-state index in [0.717, 1.165) is 0 Å². The Morgan fingerprint density at radius 3 is 1.96 bits per heavy atom. The van der Waals surface area contributed by atoms with Gasteiger partial charge in [-0.15, -0.1) is 0 Å². The Bertz CT molecular complexity index is 523. The number of hydrogen-bond acceptors (Lipinski definition) is 11. The van der Waals surface area contributed by atoms with E-state index in [4.69, 9.17) is 14.6 Å². The lowest BCUT2D eigenvalue weighted by Gasteiger charge is -2.43. The molecule has 12 heteroatoms. The predicted molar refractivity (Wildman–Crippen MR) is 75.1 cm³/mol. The molecule has 142 valence electrons. The van der Waals surface area contributed by atoms with Gasteiger partial charge in [-0.1, -0.05) is 0 Å². The van der Waals surface area contributed by atoms with Crippen LogP contribution in [0.2, 0.25) is 0 Å². The van der Waals surface area contributed by atoms with Crippen LogP contribution in [0, 0.1) is 0 Å². The lowest BCUT2D eigenvalue weighted by Crippen LogP contribution is -2.63. The standard InChI is InChI=1S/C12H22O11S/c13-2-5-7(1-4(15)11(19)22-5)24(20,21)12-10(18)9(17)8(16)6(3-14)23-12/h4-19H,1-3H2/t4-,5-,6-,7+,8-,9+,10-,11?,12+/m1/s1. The molecular formula is C12H22O11S. The van der Waals surface area contributed by atoms with Gasteiger partial charge in [0.15, 0.2) is 21.6 Å². The molecule has 0 radical (unpaired) electrons. The summed E-state index contributed by atoms with van der Waals surface area (Å²) in [5.74, 6) is 0. The highest BCUT2D eigenvalue weighted by Crippen LogP contribution is 2.32. The van der Waals surface area contributed by atoms with E-state index in [2.05, 4.69) is 0 Å². The first-order chi connectivity index (χ1) is 11.1. The molecule has 0 bridgehead atoms. The molecule has 0 aliphatic carbocycles. The summed E-state index contributed by atoms with van der Waals surface area (Å²) in [6.07, 6.45) is -12.2. The fourth-order valence-electron chi connectivity index (χ4n) is 2.88. The van der Waals surface area contributed by atoms with E-state index in [0.29, 0.717) is 0 Å². The summed E-state index contributed by atoms with van der Waals surface area (Å²) in [5, 5.41) is 65.3. The maximum Gasteiger partial charge on any atom is 0.187 e. The van der Waals surface area contributed by atoms with Crippen molar-refractivity contribution < 1.29 is 53.6 Å². The van der Waals surface area contributed by atoms with Gasteiger partial charge in [-0.25, -0.2) is 8.42 Å². The van der Waals surface area contributed by atoms with E-state index in [1.165, 1.54) is 0 Å². The Hall–Kier alpha value is -0.410. The number of rotatable bonds is 4. The van der Waals surface area contributed by atoms with Gasteiger partial charge in [0.1, 0.15) is 36.6 Å². The average Bonchev–Trinajstić information content (AvgIpc) is 2.54. The number of hydrogen-bond donors (Lipinski definition) is 7. The van der Waals surface area contributed by atoms with Gasteiger partial charge >= 0.3 is 0 Å². The van der Waals surface area contributed by atoms with Gasteiger partial charge in [0.2, 0.25) is 0 Å². The summed E-state index contributed by atoms with van der Waals surface area (Å²) in [7, 11) is -4.46. The number of sulfone groups is 1. The predicted octanol–water partition coefficient (Wildman–Crippen LogP) is -4.97. The van der Waals surface area contributed by atoms with Gasteiger partial charge in [0.25, 0.3) is 0 Å². The van der Waals surface area contributed by atoms with Crippen LogP contribution in [0.5, 0.6) is 0 Å². The zero-order valence-electron chi connectivity index (χ0n) is 12.5. The lowest BCUT2D eigenvalue weighted by molar-refractivity contribution is -0.222. The monoisotopic (exact) mass is 374 g/mol. The smallest absolute Gasteiger partial charge is 0.187 e. The zero-order valence-corrected chi connectivity index (χ0v) is 13.3. The first-order valence-corrected chi connectivity index (χ1v) is 8.91. The highest BCUT2D eigenvalue weighted by atomic mass is 32.2. The van der Waals surface area contributed by atoms with Crippen molar-refractivity contribution in [2.75, 3.05) is 13.2 Å². The van der Waals surface area contributed by atoms with Crippen molar-refractivity contribution in [1.29, 1.82) is 0 Å². The molecule has 0 spiro atoms. The quantitative estimate of drug-likeness (QED) is 0.249. The highest BCUT2D eigenvalue weighted by Gasteiger charge is 2.54. The number of ether oxygens (including phenoxy) is 2. The van der Waals surface area contributed by atoms with Crippen LogP contribution in [-0.2, 0) is 19.3 Å². The summed E-state index contributed by atoms with van der Waals surface area (Å²) >= 11 is 0. The van der Waals surface area contributed by atoms with E-state index >= 15 is 0 Å². The first kappa shape index (κ1) is 19.9. The maximum absolute atomic E-state index is 12.7. The normalized spacial score (nSPS) is 47.5. The largest absolute Gasteiger partial charge is 0.394 e. The molecule has 2 heterocycles. The molecule has 24 heavy (non-hydrogen) atoms. The third-order valence-corrected chi connectivity index (χ3v) is 6.68. The molecular weight excluding hydrogens is 352 g/mol. The fourth-order valence-corrected chi connectivity index (χ4v) is 5.11. The van der Waals surface area contributed by atoms with Crippen LogP contribution in [0.15, 0.2) is 0 Å². The maximum atomic E-state index is 12.7. The van der Waals surface area contributed by atoms with Gasteiger partial charge in [-0.3, -0.25) is 0 Å². The molecule has 0 saturated carbocycles. The topological polar surface area (TPSA) is 194 Å². The third-order valence-electron chi connectivity index (χ3n) is 4.31. The molecule has 2 aliphatic heterocycles. The molecule has 0 aromatic heterocycles. The van der Waals surface area contributed by atoms with Crippen LogP contribution in [-0.4, -0.2) is 111 Å². The summed E-state index contributed by atoms with van der Waals surface area (Å²) in [6, 6.07) is 0. The van der Waals surface area contributed by atoms with Gasteiger partial charge in [0, 0.05) is 0 Å². The molecule has 11 nitrogen and oxygen atoms in total. The SMILES string of the molecule is O=S(=O)([C@@H]1O[C@H](CO)[C@@H](O)[C@H](O)[C@H]1O)[C@H]1C[C@@H](O)C(O)O[C@@H]1CO. The van der Waals surface area contributed by atoms with E-state index < -0.39 is 83.1 Å². The van der Waals surface area contributed by atoms with Crippen LogP contribution in [0.4, 0.5) is 0 Å². The van der Waals surface area contributed by atoms with Gasteiger partial charge in [-0.2, -0.15) is 0 Å². The number of aliphatic hydroxyl groups excluding tert-OH is 7. The van der Waals surface area contributed by atoms with Crippen LogP contribution in [0.1, 0.15) is 6.42 Å². The van der Waals surface area contributed by atoms with Crippen molar-refractivity contribution in [1.82, 2.24) is 0 Å². The van der Waals surface area contributed by atoms with E-state index in [1.807, 2.05) is 0 Å². The molecule has 2 aliphatic rings. The molecule has 9 atom stereocenters. The molecule has 7 N–H and O–H groups in total. The lowest BCUT2D eigenvalue weighted by atomic mass is 10.0. The van der Waals surface area contributed by atoms with Crippen molar-refractivity contribution in [3.8, 4) is 0 Å². The third kappa shape index (κ3) is 3.44. The molecule has 0 amide bonds. The summed E-state index contributed by atoms with van der Waals surface area (Å²) in [4.78, 5) is 0. The first-order valence-electron chi connectivity index (χ1n) is 7.30. The second-order valence-corrected chi connectivity index (χ2v) is 8.12. The Morgan fingerprint density at radius 2 is 1.42 bits per heavy atom. The van der Waals surface area contributed by atoms with Crippen molar-refractivity contribution in [3.63, 3.8) is 0 Å². The summed E-state index contributed by atoms with van der Waals surface area (Å²) in [5.41, 5.74) is -2.02. The van der Waals surface area contributed by atoms with Crippen LogP contribution in [0.3, 0.4) is 0 Å². The van der Waals surface area contributed by atoms with Crippen LogP contribution < -0.4 is 0 Å². The van der Waals surface area contributed by atoms with E-state index in [1.54, 1.807) is 0 Å². The van der Waals surface area contributed by atoms with Gasteiger partial charge in [-0.05, 0) is 6.42 Å². The minimum Gasteiger partial charge on any atom is -0.394 e. The van der Waals surface area contributed by atoms with Crippen molar-refractivity contribution in [3.05, 3.63) is 0 Å². The molecule has 2 saturated heterocycles. The van der Waals surface area contributed by atoms with E-state index in [-0.39, 0.29) is 0 Å². The van der Waals surface area contributed by atoms with Crippen LogP contribution in [0.25, 0.3) is 0 Å². The minimum absolute atomic E-state index is 0.496. The molecule has 0 aromatic carbocycles. The molecule has 2 rings (SSSR count). The second kappa shape index (κ2) is 7.45. The van der Waals surface area contributed by atoms with Crippen LogP contribution >= 0.6 is 0 Å². The highest BCUT2D eigenvalue weighted by molar-refractivity contribution is 7.92.